The molecule has 0 aliphatic carbocycles. The molecule has 2 amide bonds. The first-order valence-corrected chi connectivity index (χ1v) is 8.84. The highest BCUT2D eigenvalue weighted by Gasteiger charge is 2.12. The van der Waals surface area contributed by atoms with Crippen molar-refractivity contribution in [3.63, 3.8) is 0 Å². The smallest absolute Gasteiger partial charge is 0.251 e. The molecule has 0 saturated heterocycles. The minimum Gasteiger partial charge on any atom is -0.494 e. The van der Waals surface area contributed by atoms with Gasteiger partial charge in [-0.25, -0.2) is 0 Å². The molecule has 0 fully saturated rings. The van der Waals surface area contributed by atoms with E-state index >= 15 is 0 Å². The van der Waals surface area contributed by atoms with Crippen LogP contribution >= 0.6 is 15.9 Å². The van der Waals surface area contributed by atoms with Gasteiger partial charge in [0.2, 0.25) is 5.91 Å². The molecule has 2 N–H and O–H groups in total. The highest BCUT2D eigenvalue weighted by molar-refractivity contribution is 9.10. The average Bonchev–Trinajstić information content (AvgIpc) is 2.60. The lowest BCUT2D eigenvalue weighted by molar-refractivity contribution is -0.120. The van der Waals surface area contributed by atoms with Crippen molar-refractivity contribution in [3.8, 4) is 5.75 Å². The third-order valence-corrected chi connectivity index (χ3v) is 4.06. The zero-order valence-corrected chi connectivity index (χ0v) is 15.8. The third kappa shape index (κ3) is 5.90. The predicted molar refractivity (Wildman–Crippen MR) is 101 cm³/mol. The summed E-state index contributed by atoms with van der Waals surface area (Å²) in [4.78, 5) is 24.1. The molecule has 6 heteroatoms. The van der Waals surface area contributed by atoms with Crippen LogP contribution in [0.3, 0.4) is 0 Å². The quantitative estimate of drug-likeness (QED) is 0.742. The number of hydrogen-bond acceptors (Lipinski definition) is 3. The van der Waals surface area contributed by atoms with Crippen LogP contribution in [0.5, 0.6) is 5.75 Å². The van der Waals surface area contributed by atoms with Crippen LogP contribution in [0.1, 0.15) is 35.8 Å². The van der Waals surface area contributed by atoms with Crippen molar-refractivity contribution in [1.29, 1.82) is 0 Å². The molecule has 0 radical (unpaired) electrons. The van der Waals surface area contributed by atoms with Crippen LogP contribution in [0.4, 0.5) is 0 Å². The zero-order valence-electron chi connectivity index (χ0n) is 14.2. The van der Waals surface area contributed by atoms with Crippen LogP contribution in [0.2, 0.25) is 0 Å². The molecular formula is C19H21BrN2O3. The number of carbonyl (C=O) groups is 2. The Balaban J connectivity index is 1.83. The first-order chi connectivity index (χ1) is 12.0. The molecular weight excluding hydrogens is 384 g/mol. The number of ether oxygens (including phenoxy) is 1. The van der Waals surface area contributed by atoms with Gasteiger partial charge in [0.15, 0.2) is 0 Å². The summed E-state index contributed by atoms with van der Waals surface area (Å²) in [5.74, 6) is 0.265. The largest absolute Gasteiger partial charge is 0.494 e. The number of halogens is 1. The SMILES string of the molecule is CCOc1ccc(C(C)NC(=O)CNC(=O)c2cccc(Br)c2)cc1. The fourth-order valence-corrected chi connectivity index (χ4v) is 2.69. The number of amides is 2. The minimum atomic E-state index is -0.287. The Morgan fingerprint density at radius 1 is 1.16 bits per heavy atom. The van der Waals surface area contributed by atoms with Gasteiger partial charge in [0.05, 0.1) is 19.2 Å². The Hall–Kier alpha value is -2.34. The van der Waals surface area contributed by atoms with E-state index in [0.29, 0.717) is 12.2 Å². The predicted octanol–water partition coefficient (Wildman–Crippen LogP) is 3.46. The van der Waals surface area contributed by atoms with Gasteiger partial charge in [-0.1, -0.05) is 34.1 Å². The topological polar surface area (TPSA) is 67.4 Å². The van der Waals surface area contributed by atoms with Gasteiger partial charge in [0, 0.05) is 10.0 Å². The third-order valence-electron chi connectivity index (χ3n) is 3.56. The van der Waals surface area contributed by atoms with E-state index in [2.05, 4.69) is 26.6 Å². The summed E-state index contributed by atoms with van der Waals surface area (Å²) in [6, 6.07) is 14.4. The van der Waals surface area contributed by atoms with Crippen molar-refractivity contribution in [2.24, 2.45) is 0 Å². The Labute approximate surface area is 155 Å². The van der Waals surface area contributed by atoms with E-state index in [-0.39, 0.29) is 24.4 Å². The van der Waals surface area contributed by atoms with Gasteiger partial charge >= 0.3 is 0 Å². The molecule has 0 spiro atoms. The highest BCUT2D eigenvalue weighted by atomic mass is 79.9. The molecule has 5 nitrogen and oxygen atoms in total. The van der Waals surface area contributed by atoms with Gasteiger partial charge < -0.3 is 15.4 Å². The Morgan fingerprint density at radius 2 is 1.88 bits per heavy atom. The van der Waals surface area contributed by atoms with E-state index in [4.69, 9.17) is 4.74 Å². The molecule has 2 aromatic carbocycles. The van der Waals surface area contributed by atoms with E-state index in [9.17, 15) is 9.59 Å². The van der Waals surface area contributed by atoms with E-state index in [1.165, 1.54) is 0 Å². The number of benzene rings is 2. The molecule has 0 aliphatic rings. The van der Waals surface area contributed by atoms with Gasteiger partial charge in [-0.05, 0) is 49.7 Å². The molecule has 1 unspecified atom stereocenters. The molecule has 0 aliphatic heterocycles. The van der Waals surface area contributed by atoms with Gasteiger partial charge in [0.1, 0.15) is 5.75 Å². The number of hydrogen-bond donors (Lipinski definition) is 2. The number of nitrogens with one attached hydrogen (secondary N) is 2. The van der Waals surface area contributed by atoms with E-state index in [1.807, 2.05) is 44.2 Å². The van der Waals surface area contributed by atoms with Gasteiger partial charge in [-0.15, -0.1) is 0 Å². The van der Waals surface area contributed by atoms with E-state index < -0.39 is 0 Å². The van der Waals surface area contributed by atoms with Gasteiger partial charge in [-0.2, -0.15) is 0 Å². The second kappa shape index (κ2) is 9.22. The van der Waals surface area contributed by atoms with Crippen molar-refractivity contribution < 1.29 is 14.3 Å². The molecule has 1 atom stereocenters. The van der Waals surface area contributed by atoms with Crippen molar-refractivity contribution in [3.05, 3.63) is 64.1 Å². The van der Waals surface area contributed by atoms with Crippen LogP contribution in [0, 0.1) is 0 Å². The van der Waals surface area contributed by atoms with Gasteiger partial charge in [0.25, 0.3) is 5.91 Å². The summed E-state index contributed by atoms with van der Waals surface area (Å²) in [6.07, 6.45) is 0. The Kier molecular flexibility index (Phi) is 7.01. The molecule has 0 bridgehead atoms. The Bertz CT molecular complexity index is 732. The van der Waals surface area contributed by atoms with Crippen LogP contribution in [-0.4, -0.2) is 25.0 Å². The first-order valence-electron chi connectivity index (χ1n) is 8.05. The fraction of sp³-hybridized carbons (Fsp3) is 0.263. The maximum Gasteiger partial charge on any atom is 0.251 e. The van der Waals surface area contributed by atoms with Gasteiger partial charge in [-0.3, -0.25) is 9.59 Å². The van der Waals surface area contributed by atoms with Crippen molar-refractivity contribution >= 4 is 27.7 Å². The second-order valence-corrected chi connectivity index (χ2v) is 6.40. The summed E-state index contributed by atoms with van der Waals surface area (Å²) < 4.78 is 6.21. The lowest BCUT2D eigenvalue weighted by Crippen LogP contribution is -2.38. The molecule has 25 heavy (non-hydrogen) atoms. The maximum absolute atomic E-state index is 12.0. The van der Waals surface area contributed by atoms with E-state index in [1.54, 1.807) is 18.2 Å². The summed E-state index contributed by atoms with van der Waals surface area (Å²) in [6.45, 7) is 4.36. The molecule has 0 saturated carbocycles. The molecule has 2 aromatic rings. The van der Waals surface area contributed by atoms with Crippen LogP contribution < -0.4 is 15.4 Å². The average molecular weight is 405 g/mol. The van der Waals surface area contributed by atoms with Crippen molar-refractivity contribution in [2.75, 3.05) is 13.2 Å². The van der Waals surface area contributed by atoms with Crippen molar-refractivity contribution in [2.45, 2.75) is 19.9 Å². The summed E-state index contributed by atoms with van der Waals surface area (Å²) >= 11 is 3.32. The fourth-order valence-electron chi connectivity index (χ4n) is 2.29. The summed E-state index contributed by atoms with van der Waals surface area (Å²) in [5, 5.41) is 5.48. The summed E-state index contributed by atoms with van der Waals surface area (Å²) in [5.41, 5.74) is 1.47. The van der Waals surface area contributed by atoms with Crippen LogP contribution in [-0.2, 0) is 4.79 Å². The lowest BCUT2D eigenvalue weighted by Gasteiger charge is -2.15. The second-order valence-electron chi connectivity index (χ2n) is 5.48. The highest BCUT2D eigenvalue weighted by Crippen LogP contribution is 2.17. The molecule has 0 heterocycles. The molecule has 2 rings (SSSR count). The lowest BCUT2D eigenvalue weighted by atomic mass is 10.1. The molecule has 132 valence electrons. The first kappa shape index (κ1) is 19.0. The molecule has 0 aromatic heterocycles. The standard InChI is InChI=1S/C19H21BrN2O3/c1-3-25-17-9-7-14(8-10-17)13(2)22-18(23)12-21-19(24)15-5-4-6-16(20)11-15/h4-11,13H,3,12H2,1-2H3,(H,21,24)(H,22,23). The summed E-state index contributed by atoms with van der Waals surface area (Å²) in [7, 11) is 0. The normalized spacial score (nSPS) is 11.5. The number of rotatable bonds is 7. The Morgan fingerprint density at radius 3 is 2.52 bits per heavy atom. The zero-order chi connectivity index (χ0) is 18.2. The van der Waals surface area contributed by atoms with Crippen molar-refractivity contribution in [1.82, 2.24) is 10.6 Å². The number of carbonyl (C=O) groups excluding carboxylic acids is 2. The van der Waals surface area contributed by atoms with Crippen LogP contribution in [0.15, 0.2) is 53.0 Å². The monoisotopic (exact) mass is 404 g/mol. The van der Waals surface area contributed by atoms with Crippen LogP contribution in [0.25, 0.3) is 0 Å². The maximum atomic E-state index is 12.0. The minimum absolute atomic E-state index is 0.0767. The van der Waals surface area contributed by atoms with E-state index in [0.717, 1.165) is 15.8 Å².